The van der Waals surface area contributed by atoms with E-state index >= 15 is 0 Å². The second-order valence-electron chi connectivity index (χ2n) is 3.09. The van der Waals surface area contributed by atoms with E-state index in [1.807, 2.05) is 0 Å². The molecule has 0 fully saturated rings. The Bertz CT molecular complexity index is 407. The lowest BCUT2D eigenvalue weighted by Gasteiger charge is -2.14. The summed E-state index contributed by atoms with van der Waals surface area (Å²) in [4.78, 5) is 20.5. The fourth-order valence-corrected chi connectivity index (χ4v) is 1.21. The summed E-state index contributed by atoms with van der Waals surface area (Å²) >= 11 is 0. The minimum atomic E-state index is -1.20. The third-order valence-electron chi connectivity index (χ3n) is 1.81. The Labute approximate surface area is 91.2 Å². The van der Waals surface area contributed by atoms with Crippen LogP contribution in [0.1, 0.15) is 6.92 Å². The fraction of sp³-hybridized carbons (Fsp3) is 0.222. The van der Waals surface area contributed by atoms with Crippen molar-refractivity contribution in [3.05, 3.63) is 34.4 Å². The van der Waals surface area contributed by atoms with Crippen LogP contribution >= 0.6 is 0 Å². The van der Waals surface area contributed by atoms with Crippen LogP contribution in [0.15, 0.2) is 24.3 Å². The maximum atomic E-state index is 10.7. The number of rotatable bonds is 4. The van der Waals surface area contributed by atoms with Gasteiger partial charge in [-0.1, -0.05) is 12.1 Å². The molecule has 3 N–H and O–H groups in total. The maximum Gasteiger partial charge on any atom is 0.406 e. The molecule has 1 unspecified atom stereocenters. The number of hydrogen-bond acceptors (Lipinski definition) is 4. The van der Waals surface area contributed by atoms with E-state index in [1.54, 1.807) is 19.1 Å². The number of nitrogens with zero attached hydrogens (tertiary/aromatic N) is 1. The van der Waals surface area contributed by atoms with Crippen LogP contribution in [0, 0.1) is 10.1 Å². The van der Waals surface area contributed by atoms with Gasteiger partial charge >= 0.3 is 6.09 Å². The van der Waals surface area contributed by atoms with Crippen LogP contribution in [-0.2, 0) is 0 Å². The van der Waals surface area contributed by atoms with Crippen LogP contribution in [0.5, 0.6) is 0 Å². The summed E-state index contributed by atoms with van der Waals surface area (Å²) in [6.07, 6.45) is -1.81. The summed E-state index contributed by atoms with van der Waals surface area (Å²) in [5.41, 5.74) is 0.176. The van der Waals surface area contributed by atoms with Gasteiger partial charge in [0.15, 0.2) is 0 Å². The Morgan fingerprint density at radius 2 is 2.12 bits per heavy atom. The van der Waals surface area contributed by atoms with Crippen LogP contribution in [0.25, 0.3) is 0 Å². The van der Waals surface area contributed by atoms with E-state index in [0.29, 0.717) is 0 Å². The number of carboxylic acid groups (broad SMARTS) is 1. The zero-order valence-corrected chi connectivity index (χ0v) is 8.51. The van der Waals surface area contributed by atoms with Crippen molar-refractivity contribution < 1.29 is 14.8 Å². The number of benzene rings is 1. The van der Waals surface area contributed by atoms with Crippen LogP contribution in [0.2, 0.25) is 0 Å². The lowest BCUT2D eigenvalue weighted by atomic mass is 10.2. The third-order valence-corrected chi connectivity index (χ3v) is 1.81. The number of nitrogens with one attached hydrogen (secondary N) is 2. The Hall–Kier alpha value is -2.31. The Kier molecular flexibility index (Phi) is 3.65. The van der Waals surface area contributed by atoms with Gasteiger partial charge in [0.05, 0.1) is 11.1 Å². The Balaban J connectivity index is 2.80. The second-order valence-corrected chi connectivity index (χ2v) is 3.09. The molecule has 1 atom stereocenters. The van der Waals surface area contributed by atoms with Gasteiger partial charge in [0.25, 0.3) is 5.69 Å². The second kappa shape index (κ2) is 4.96. The summed E-state index contributed by atoms with van der Waals surface area (Å²) in [6, 6.07) is 6.02. The summed E-state index contributed by atoms with van der Waals surface area (Å²) in [7, 11) is 0. The van der Waals surface area contributed by atoms with E-state index in [9.17, 15) is 14.9 Å². The first kappa shape index (κ1) is 11.8. The largest absolute Gasteiger partial charge is 0.465 e. The average Bonchev–Trinajstić information content (AvgIpc) is 2.16. The normalized spacial score (nSPS) is 11.6. The molecular weight excluding hydrogens is 214 g/mol. The van der Waals surface area contributed by atoms with Crippen molar-refractivity contribution in [2.75, 3.05) is 5.32 Å². The van der Waals surface area contributed by atoms with Crippen molar-refractivity contribution in [2.24, 2.45) is 0 Å². The van der Waals surface area contributed by atoms with Crippen molar-refractivity contribution in [3.63, 3.8) is 0 Å². The zero-order valence-electron chi connectivity index (χ0n) is 8.51. The van der Waals surface area contributed by atoms with Crippen molar-refractivity contribution in [2.45, 2.75) is 13.1 Å². The predicted molar refractivity (Wildman–Crippen MR) is 57.3 cm³/mol. The van der Waals surface area contributed by atoms with Crippen molar-refractivity contribution in [1.82, 2.24) is 5.32 Å². The van der Waals surface area contributed by atoms with Gasteiger partial charge in [-0.05, 0) is 13.0 Å². The van der Waals surface area contributed by atoms with Gasteiger partial charge in [0.1, 0.15) is 5.69 Å². The first-order valence-corrected chi connectivity index (χ1v) is 4.50. The molecule has 1 aromatic rings. The lowest BCUT2D eigenvalue weighted by molar-refractivity contribution is -0.384. The SMILES string of the molecule is CC(NC(=O)O)Nc1ccccc1[N+](=O)[O-]. The quantitative estimate of drug-likeness (QED) is 0.410. The number of hydrogen-bond donors (Lipinski definition) is 3. The van der Waals surface area contributed by atoms with Crippen LogP contribution in [-0.4, -0.2) is 22.3 Å². The molecule has 0 saturated carbocycles. The number of anilines is 1. The number of nitro groups is 1. The minimum Gasteiger partial charge on any atom is -0.465 e. The molecule has 1 aromatic carbocycles. The van der Waals surface area contributed by atoms with E-state index in [4.69, 9.17) is 5.11 Å². The van der Waals surface area contributed by atoms with E-state index in [-0.39, 0.29) is 11.4 Å². The average molecular weight is 225 g/mol. The minimum absolute atomic E-state index is 0.0958. The van der Waals surface area contributed by atoms with Gasteiger partial charge in [0, 0.05) is 6.07 Å². The van der Waals surface area contributed by atoms with Gasteiger partial charge in [-0.25, -0.2) is 4.79 Å². The Morgan fingerprint density at radius 1 is 1.50 bits per heavy atom. The van der Waals surface area contributed by atoms with Crippen LogP contribution in [0.4, 0.5) is 16.2 Å². The van der Waals surface area contributed by atoms with Crippen LogP contribution in [0.3, 0.4) is 0 Å². The molecule has 7 heteroatoms. The topological polar surface area (TPSA) is 104 Å². The van der Waals surface area contributed by atoms with Gasteiger partial charge < -0.3 is 15.7 Å². The standard InChI is InChI=1S/C9H11N3O4/c1-6(11-9(13)14)10-7-4-2-3-5-8(7)12(15)16/h2-6,10-11H,1H3,(H,13,14). The zero-order chi connectivity index (χ0) is 12.1. The number of para-hydroxylation sites is 2. The molecule has 16 heavy (non-hydrogen) atoms. The summed E-state index contributed by atoms with van der Waals surface area (Å²) in [6.45, 7) is 1.55. The molecular formula is C9H11N3O4. The molecule has 0 aliphatic carbocycles. The van der Waals surface area contributed by atoms with E-state index in [0.717, 1.165) is 0 Å². The molecule has 0 saturated heterocycles. The highest BCUT2D eigenvalue weighted by molar-refractivity contribution is 5.67. The molecule has 0 radical (unpaired) electrons. The molecule has 1 amide bonds. The molecule has 1 rings (SSSR count). The van der Waals surface area contributed by atoms with Gasteiger partial charge in [0.2, 0.25) is 0 Å². The van der Waals surface area contributed by atoms with Crippen molar-refractivity contribution >= 4 is 17.5 Å². The molecule has 0 bridgehead atoms. The fourth-order valence-electron chi connectivity index (χ4n) is 1.21. The van der Waals surface area contributed by atoms with Crippen molar-refractivity contribution in [3.8, 4) is 0 Å². The molecule has 0 aliphatic rings. The monoisotopic (exact) mass is 225 g/mol. The summed E-state index contributed by atoms with van der Waals surface area (Å²) < 4.78 is 0. The first-order valence-electron chi connectivity index (χ1n) is 4.50. The van der Waals surface area contributed by atoms with E-state index in [1.165, 1.54) is 12.1 Å². The third kappa shape index (κ3) is 3.12. The Morgan fingerprint density at radius 3 is 2.69 bits per heavy atom. The summed E-state index contributed by atoms with van der Waals surface area (Å²) in [5, 5.41) is 23.9. The molecule has 7 nitrogen and oxygen atoms in total. The van der Waals surface area contributed by atoms with Crippen LogP contribution < -0.4 is 10.6 Å². The number of amides is 1. The van der Waals surface area contributed by atoms with E-state index in [2.05, 4.69) is 10.6 Å². The smallest absolute Gasteiger partial charge is 0.406 e. The molecule has 0 aliphatic heterocycles. The predicted octanol–water partition coefficient (Wildman–Crippen LogP) is 1.62. The molecule has 0 spiro atoms. The van der Waals surface area contributed by atoms with Gasteiger partial charge in [-0.2, -0.15) is 0 Å². The highest BCUT2D eigenvalue weighted by Crippen LogP contribution is 2.23. The van der Waals surface area contributed by atoms with Crippen molar-refractivity contribution in [1.29, 1.82) is 0 Å². The molecule has 0 aromatic heterocycles. The van der Waals surface area contributed by atoms with Gasteiger partial charge in [-0.15, -0.1) is 0 Å². The molecule has 86 valence electrons. The lowest BCUT2D eigenvalue weighted by Crippen LogP contribution is -2.37. The summed E-state index contributed by atoms with van der Waals surface area (Å²) in [5.74, 6) is 0. The highest BCUT2D eigenvalue weighted by Gasteiger charge is 2.14. The van der Waals surface area contributed by atoms with Gasteiger partial charge in [-0.3, -0.25) is 10.1 Å². The highest BCUT2D eigenvalue weighted by atomic mass is 16.6. The first-order chi connectivity index (χ1) is 7.50. The maximum absolute atomic E-state index is 10.7. The number of carbonyl (C=O) groups is 1. The van der Waals surface area contributed by atoms with E-state index < -0.39 is 17.2 Å². The molecule has 0 heterocycles. The number of nitro benzene ring substituents is 1.